The SMILES string of the molecule is COc1ccc(CN2Cc3cc(-c4cncnc4)ccc3OCC2C)cc1C. The van der Waals surface area contributed by atoms with Gasteiger partial charge in [-0.15, -0.1) is 0 Å². The summed E-state index contributed by atoms with van der Waals surface area (Å²) < 4.78 is 11.5. The van der Waals surface area contributed by atoms with Crippen LogP contribution in [0.5, 0.6) is 11.5 Å². The van der Waals surface area contributed by atoms with Gasteiger partial charge in [0.2, 0.25) is 0 Å². The van der Waals surface area contributed by atoms with E-state index in [9.17, 15) is 0 Å². The Morgan fingerprint density at radius 1 is 1.11 bits per heavy atom. The molecule has 0 fully saturated rings. The zero-order valence-electron chi connectivity index (χ0n) is 16.6. The smallest absolute Gasteiger partial charge is 0.123 e. The molecular formula is C23H25N3O2. The number of aromatic nitrogens is 2. The van der Waals surface area contributed by atoms with Crippen LogP contribution in [0.1, 0.15) is 23.6 Å². The molecule has 0 saturated carbocycles. The van der Waals surface area contributed by atoms with Crippen LogP contribution in [0, 0.1) is 6.92 Å². The summed E-state index contributed by atoms with van der Waals surface area (Å²) >= 11 is 0. The normalized spacial score (nSPS) is 16.8. The second-order valence-electron chi connectivity index (χ2n) is 7.32. The first-order valence-electron chi connectivity index (χ1n) is 9.52. The molecule has 3 aromatic rings. The largest absolute Gasteiger partial charge is 0.496 e. The van der Waals surface area contributed by atoms with Gasteiger partial charge < -0.3 is 9.47 Å². The van der Waals surface area contributed by atoms with Crippen molar-refractivity contribution in [2.75, 3.05) is 13.7 Å². The third-order valence-electron chi connectivity index (χ3n) is 5.28. The van der Waals surface area contributed by atoms with Crippen LogP contribution < -0.4 is 9.47 Å². The number of fused-ring (bicyclic) bond motifs is 1. The zero-order valence-corrected chi connectivity index (χ0v) is 16.6. The molecule has 0 radical (unpaired) electrons. The van der Waals surface area contributed by atoms with E-state index in [0.717, 1.165) is 41.3 Å². The average molecular weight is 375 g/mol. The summed E-state index contributed by atoms with van der Waals surface area (Å²) in [6.45, 7) is 6.68. The zero-order chi connectivity index (χ0) is 19.5. The number of nitrogens with zero attached hydrogens (tertiary/aromatic N) is 3. The van der Waals surface area contributed by atoms with Crippen molar-refractivity contribution in [2.45, 2.75) is 33.0 Å². The van der Waals surface area contributed by atoms with E-state index in [2.05, 4.69) is 59.0 Å². The molecule has 1 aliphatic rings. The Labute approximate surface area is 166 Å². The second-order valence-corrected chi connectivity index (χ2v) is 7.32. The van der Waals surface area contributed by atoms with Crippen LogP contribution in [0.15, 0.2) is 55.1 Å². The molecular weight excluding hydrogens is 350 g/mol. The van der Waals surface area contributed by atoms with E-state index in [0.29, 0.717) is 12.6 Å². The van der Waals surface area contributed by atoms with Crippen LogP contribution in [-0.4, -0.2) is 34.6 Å². The van der Waals surface area contributed by atoms with Gasteiger partial charge in [0.25, 0.3) is 0 Å². The van der Waals surface area contributed by atoms with Gasteiger partial charge in [-0.2, -0.15) is 0 Å². The Hall–Kier alpha value is -2.92. The predicted molar refractivity (Wildman–Crippen MR) is 109 cm³/mol. The number of ether oxygens (including phenoxy) is 2. The quantitative estimate of drug-likeness (QED) is 0.682. The van der Waals surface area contributed by atoms with E-state index in [4.69, 9.17) is 9.47 Å². The number of aryl methyl sites for hydroxylation is 1. The molecule has 1 atom stereocenters. The molecule has 1 aromatic heterocycles. The monoisotopic (exact) mass is 375 g/mol. The Morgan fingerprint density at radius 3 is 2.68 bits per heavy atom. The molecule has 0 aliphatic carbocycles. The molecule has 2 aromatic carbocycles. The van der Waals surface area contributed by atoms with Crippen LogP contribution in [0.2, 0.25) is 0 Å². The molecule has 0 spiro atoms. The summed E-state index contributed by atoms with van der Waals surface area (Å²) in [5, 5.41) is 0. The minimum atomic E-state index is 0.318. The first-order valence-corrected chi connectivity index (χ1v) is 9.52. The first kappa shape index (κ1) is 18.4. The number of hydrogen-bond donors (Lipinski definition) is 0. The van der Waals surface area contributed by atoms with Crippen LogP contribution in [0.3, 0.4) is 0 Å². The summed E-state index contributed by atoms with van der Waals surface area (Å²) in [7, 11) is 1.71. The maximum atomic E-state index is 6.09. The van der Waals surface area contributed by atoms with Gasteiger partial charge in [-0.25, -0.2) is 9.97 Å². The fourth-order valence-electron chi connectivity index (χ4n) is 3.65. The van der Waals surface area contributed by atoms with Gasteiger partial charge in [-0.05, 0) is 48.7 Å². The van der Waals surface area contributed by atoms with Gasteiger partial charge in [-0.3, -0.25) is 4.90 Å². The van der Waals surface area contributed by atoms with Crippen molar-refractivity contribution >= 4 is 0 Å². The Balaban J connectivity index is 1.60. The van der Waals surface area contributed by atoms with E-state index in [1.807, 2.05) is 18.5 Å². The standard InChI is InChI=1S/C23H25N3O2/c1-16-8-18(4-6-22(16)27-3)12-26-13-20-9-19(21-10-24-15-25-11-21)5-7-23(20)28-14-17(26)2/h4-11,15,17H,12-14H2,1-3H3. The lowest BCUT2D eigenvalue weighted by Gasteiger charge is -2.26. The van der Waals surface area contributed by atoms with E-state index in [1.54, 1.807) is 13.4 Å². The van der Waals surface area contributed by atoms with Crippen molar-refractivity contribution in [3.63, 3.8) is 0 Å². The lowest BCUT2D eigenvalue weighted by molar-refractivity contribution is 0.151. The fraction of sp³-hybridized carbons (Fsp3) is 0.304. The third-order valence-corrected chi connectivity index (χ3v) is 5.28. The summed E-state index contributed by atoms with van der Waals surface area (Å²) in [5.41, 5.74) is 5.75. The lowest BCUT2D eigenvalue weighted by Crippen LogP contribution is -2.34. The molecule has 144 valence electrons. The molecule has 5 nitrogen and oxygen atoms in total. The lowest BCUT2D eigenvalue weighted by atomic mass is 10.0. The van der Waals surface area contributed by atoms with Crippen molar-refractivity contribution in [3.05, 3.63) is 71.8 Å². The minimum absolute atomic E-state index is 0.318. The topological polar surface area (TPSA) is 47.5 Å². The van der Waals surface area contributed by atoms with Crippen LogP contribution >= 0.6 is 0 Å². The van der Waals surface area contributed by atoms with E-state index in [1.165, 1.54) is 11.1 Å². The number of rotatable bonds is 4. The van der Waals surface area contributed by atoms with Gasteiger partial charge in [0, 0.05) is 42.7 Å². The van der Waals surface area contributed by atoms with Crippen molar-refractivity contribution in [2.24, 2.45) is 0 Å². The van der Waals surface area contributed by atoms with E-state index >= 15 is 0 Å². The minimum Gasteiger partial charge on any atom is -0.496 e. The molecule has 0 amide bonds. The first-order chi connectivity index (χ1) is 13.6. The molecule has 0 bridgehead atoms. The van der Waals surface area contributed by atoms with E-state index < -0.39 is 0 Å². The summed E-state index contributed by atoms with van der Waals surface area (Å²) in [6, 6.07) is 13.0. The van der Waals surface area contributed by atoms with Gasteiger partial charge in [0.05, 0.1) is 7.11 Å². The highest BCUT2D eigenvalue weighted by molar-refractivity contribution is 5.64. The predicted octanol–water partition coefficient (Wildman–Crippen LogP) is 4.24. The molecule has 5 heteroatoms. The Kier molecular flexibility index (Phi) is 5.26. The highest BCUT2D eigenvalue weighted by Crippen LogP contribution is 2.31. The van der Waals surface area contributed by atoms with Crippen molar-refractivity contribution in [1.82, 2.24) is 14.9 Å². The van der Waals surface area contributed by atoms with Gasteiger partial charge in [-0.1, -0.05) is 18.2 Å². The fourth-order valence-corrected chi connectivity index (χ4v) is 3.65. The molecule has 4 rings (SSSR count). The molecule has 0 N–H and O–H groups in total. The van der Waals surface area contributed by atoms with Crippen molar-refractivity contribution < 1.29 is 9.47 Å². The molecule has 1 aliphatic heterocycles. The average Bonchev–Trinajstić information content (AvgIpc) is 2.87. The maximum Gasteiger partial charge on any atom is 0.123 e. The molecule has 0 saturated heterocycles. The highest BCUT2D eigenvalue weighted by atomic mass is 16.5. The number of hydrogen-bond acceptors (Lipinski definition) is 5. The van der Waals surface area contributed by atoms with Crippen molar-refractivity contribution in [3.8, 4) is 22.6 Å². The van der Waals surface area contributed by atoms with Crippen LogP contribution in [0.25, 0.3) is 11.1 Å². The molecule has 2 heterocycles. The Bertz CT molecular complexity index is 959. The summed E-state index contributed by atoms with van der Waals surface area (Å²) in [4.78, 5) is 10.7. The third kappa shape index (κ3) is 3.85. The van der Waals surface area contributed by atoms with Gasteiger partial charge >= 0.3 is 0 Å². The number of benzene rings is 2. The van der Waals surface area contributed by atoms with Crippen molar-refractivity contribution in [1.29, 1.82) is 0 Å². The van der Waals surface area contributed by atoms with Crippen LogP contribution in [0.4, 0.5) is 0 Å². The van der Waals surface area contributed by atoms with Gasteiger partial charge in [0.1, 0.15) is 24.4 Å². The summed E-state index contributed by atoms with van der Waals surface area (Å²) in [5.74, 6) is 1.89. The van der Waals surface area contributed by atoms with Gasteiger partial charge in [0.15, 0.2) is 0 Å². The highest BCUT2D eigenvalue weighted by Gasteiger charge is 2.22. The molecule has 1 unspecified atom stereocenters. The second kappa shape index (κ2) is 7.98. The molecule has 28 heavy (non-hydrogen) atoms. The number of methoxy groups -OCH3 is 1. The maximum absolute atomic E-state index is 6.09. The summed E-state index contributed by atoms with van der Waals surface area (Å²) in [6.07, 6.45) is 5.23. The Morgan fingerprint density at radius 2 is 1.93 bits per heavy atom. The van der Waals surface area contributed by atoms with Crippen LogP contribution in [-0.2, 0) is 13.1 Å². The van der Waals surface area contributed by atoms with E-state index in [-0.39, 0.29) is 0 Å².